The first kappa shape index (κ1) is 15.0. The van der Waals surface area contributed by atoms with Crippen LogP contribution in [0, 0.1) is 0 Å². The highest BCUT2D eigenvalue weighted by molar-refractivity contribution is 9.10. The lowest BCUT2D eigenvalue weighted by molar-refractivity contribution is 0.0563. The van der Waals surface area contributed by atoms with Crippen molar-refractivity contribution in [3.8, 4) is 0 Å². The minimum Gasteiger partial charge on any atom is -0.297 e. The van der Waals surface area contributed by atoms with Crippen LogP contribution < -0.4 is 0 Å². The third kappa shape index (κ3) is 2.74. The van der Waals surface area contributed by atoms with Crippen molar-refractivity contribution in [2.45, 2.75) is 37.6 Å². The molecule has 19 heavy (non-hydrogen) atoms. The van der Waals surface area contributed by atoms with Gasteiger partial charge >= 0.3 is 0 Å². The highest BCUT2D eigenvalue weighted by atomic mass is 79.9. The number of hydrogen-bond donors (Lipinski definition) is 0. The molecule has 0 radical (unpaired) electrons. The molecule has 2 nitrogen and oxygen atoms in total. The van der Waals surface area contributed by atoms with Crippen LogP contribution in [0.3, 0.4) is 0 Å². The lowest BCUT2D eigenvalue weighted by Gasteiger charge is -2.41. The fourth-order valence-corrected chi connectivity index (χ4v) is 3.88. The second-order valence-corrected chi connectivity index (χ2v) is 6.67. The van der Waals surface area contributed by atoms with Gasteiger partial charge in [0.05, 0.1) is 16.1 Å². The number of halogens is 2. The van der Waals surface area contributed by atoms with Gasteiger partial charge in [0.2, 0.25) is 0 Å². The van der Waals surface area contributed by atoms with E-state index in [4.69, 9.17) is 11.6 Å². The molecular formula is C15H19BrClNO. The normalized spacial score (nSPS) is 18.6. The Morgan fingerprint density at radius 2 is 1.89 bits per heavy atom. The standard InChI is InChI=1S/C15H19BrClNO/c1-18(2)15(9-4-3-5-10-15)14(19)13-11(16)7-6-8-12(13)17/h6-8H,3-5,9-10H2,1-2H3. The summed E-state index contributed by atoms with van der Waals surface area (Å²) < 4.78 is 0.789. The lowest BCUT2D eigenvalue weighted by atomic mass is 9.75. The van der Waals surface area contributed by atoms with Gasteiger partial charge in [-0.25, -0.2) is 0 Å². The summed E-state index contributed by atoms with van der Waals surface area (Å²) in [5.41, 5.74) is 0.228. The van der Waals surface area contributed by atoms with Crippen LogP contribution in [0.2, 0.25) is 5.02 Å². The molecule has 0 aliphatic heterocycles. The number of rotatable bonds is 3. The molecule has 2 rings (SSSR count). The zero-order valence-electron chi connectivity index (χ0n) is 11.4. The van der Waals surface area contributed by atoms with Gasteiger partial charge in [0.15, 0.2) is 5.78 Å². The topological polar surface area (TPSA) is 20.3 Å². The highest BCUT2D eigenvalue weighted by Gasteiger charge is 2.42. The Balaban J connectivity index is 2.45. The summed E-state index contributed by atoms with van der Waals surface area (Å²) in [5, 5.41) is 0.533. The fourth-order valence-electron chi connectivity index (χ4n) is 2.96. The molecular weight excluding hydrogens is 326 g/mol. The Labute approximate surface area is 128 Å². The Hall–Kier alpha value is -0.380. The van der Waals surface area contributed by atoms with Crippen LogP contribution >= 0.6 is 27.5 Å². The highest BCUT2D eigenvalue weighted by Crippen LogP contribution is 2.38. The SMILES string of the molecule is CN(C)C1(C(=O)c2c(Cl)cccc2Br)CCCCC1. The molecule has 1 aliphatic carbocycles. The predicted octanol–water partition coefficient (Wildman–Crippen LogP) is 4.55. The lowest BCUT2D eigenvalue weighted by Crippen LogP contribution is -2.52. The van der Waals surface area contributed by atoms with Crippen molar-refractivity contribution in [3.05, 3.63) is 33.3 Å². The van der Waals surface area contributed by atoms with Gasteiger partial charge in [0.1, 0.15) is 0 Å². The predicted molar refractivity (Wildman–Crippen MR) is 83.0 cm³/mol. The van der Waals surface area contributed by atoms with Crippen LogP contribution in [-0.2, 0) is 0 Å². The van der Waals surface area contributed by atoms with Gasteiger partial charge in [-0.05, 0) is 55.0 Å². The largest absolute Gasteiger partial charge is 0.297 e. The molecule has 0 spiro atoms. The third-order valence-corrected chi connectivity index (χ3v) is 5.13. The van der Waals surface area contributed by atoms with E-state index in [9.17, 15) is 4.79 Å². The first-order valence-corrected chi connectivity index (χ1v) is 7.82. The zero-order chi connectivity index (χ0) is 14.0. The van der Waals surface area contributed by atoms with Gasteiger partial charge in [-0.3, -0.25) is 9.69 Å². The molecule has 1 saturated carbocycles. The molecule has 0 atom stereocenters. The molecule has 1 fully saturated rings. The molecule has 104 valence electrons. The van der Waals surface area contributed by atoms with Gasteiger partial charge in [0.25, 0.3) is 0 Å². The van der Waals surface area contributed by atoms with E-state index in [1.54, 1.807) is 6.07 Å². The maximum atomic E-state index is 13.0. The number of nitrogens with zero attached hydrogens (tertiary/aromatic N) is 1. The van der Waals surface area contributed by atoms with E-state index >= 15 is 0 Å². The molecule has 0 heterocycles. The first-order valence-electron chi connectivity index (χ1n) is 6.65. The van der Waals surface area contributed by atoms with E-state index in [2.05, 4.69) is 20.8 Å². The summed E-state index contributed by atoms with van der Waals surface area (Å²) in [6.45, 7) is 0. The van der Waals surface area contributed by atoms with Crippen LogP contribution in [0.4, 0.5) is 0 Å². The molecule has 4 heteroatoms. The number of ketones is 1. The average molecular weight is 345 g/mol. The molecule has 1 aliphatic rings. The summed E-state index contributed by atoms with van der Waals surface area (Å²) >= 11 is 9.70. The zero-order valence-corrected chi connectivity index (χ0v) is 13.7. The molecule has 1 aromatic rings. The average Bonchev–Trinajstić information content (AvgIpc) is 2.39. The van der Waals surface area contributed by atoms with Crippen molar-refractivity contribution < 1.29 is 4.79 Å². The summed E-state index contributed by atoms with van der Waals surface area (Å²) in [5.74, 6) is 0.148. The number of Topliss-reactive ketones (excluding diaryl/α,β-unsaturated/α-hetero) is 1. The van der Waals surface area contributed by atoms with Gasteiger partial charge in [0, 0.05) is 4.47 Å². The van der Waals surface area contributed by atoms with Crippen molar-refractivity contribution in [3.63, 3.8) is 0 Å². The Kier molecular flexibility index (Phi) is 4.70. The molecule has 0 saturated heterocycles. The van der Waals surface area contributed by atoms with Gasteiger partial charge < -0.3 is 0 Å². The molecule has 0 N–H and O–H groups in total. The Morgan fingerprint density at radius 3 is 2.42 bits per heavy atom. The number of carbonyl (C=O) groups excluding carboxylic acids is 1. The first-order chi connectivity index (χ1) is 8.99. The summed E-state index contributed by atoms with van der Waals surface area (Å²) in [7, 11) is 3.99. The van der Waals surface area contributed by atoms with Crippen molar-refractivity contribution in [1.82, 2.24) is 4.90 Å². The third-order valence-electron chi connectivity index (χ3n) is 4.15. The fraction of sp³-hybridized carbons (Fsp3) is 0.533. The van der Waals surface area contributed by atoms with E-state index in [1.807, 2.05) is 26.2 Å². The van der Waals surface area contributed by atoms with Crippen molar-refractivity contribution in [1.29, 1.82) is 0 Å². The maximum absolute atomic E-state index is 13.0. The smallest absolute Gasteiger partial charge is 0.185 e. The summed E-state index contributed by atoms with van der Waals surface area (Å²) in [4.78, 5) is 15.1. The van der Waals surface area contributed by atoms with Gasteiger partial charge in [-0.15, -0.1) is 0 Å². The van der Waals surface area contributed by atoms with Crippen LogP contribution in [0.5, 0.6) is 0 Å². The number of hydrogen-bond acceptors (Lipinski definition) is 2. The minimum atomic E-state index is -0.397. The van der Waals surface area contributed by atoms with E-state index in [-0.39, 0.29) is 5.78 Å². The number of carbonyl (C=O) groups is 1. The molecule has 0 amide bonds. The van der Waals surface area contributed by atoms with Gasteiger partial charge in [-0.1, -0.05) is 36.9 Å². The van der Waals surface area contributed by atoms with Crippen molar-refractivity contribution >= 4 is 33.3 Å². The Bertz CT molecular complexity index is 461. The Morgan fingerprint density at radius 1 is 1.26 bits per heavy atom. The van der Waals surface area contributed by atoms with Crippen LogP contribution in [0.25, 0.3) is 0 Å². The van der Waals surface area contributed by atoms with Crippen LogP contribution in [0.15, 0.2) is 22.7 Å². The second kappa shape index (κ2) is 5.94. The maximum Gasteiger partial charge on any atom is 0.185 e. The van der Waals surface area contributed by atoms with E-state index in [1.165, 1.54) is 6.42 Å². The molecule has 0 aromatic heterocycles. The van der Waals surface area contributed by atoms with Crippen molar-refractivity contribution in [2.24, 2.45) is 0 Å². The minimum absolute atomic E-state index is 0.148. The summed E-state index contributed by atoms with van der Waals surface area (Å²) in [6, 6.07) is 5.52. The molecule has 0 bridgehead atoms. The number of benzene rings is 1. The van der Waals surface area contributed by atoms with E-state index in [0.717, 1.165) is 30.2 Å². The van der Waals surface area contributed by atoms with E-state index in [0.29, 0.717) is 10.6 Å². The molecule has 1 aromatic carbocycles. The molecule has 0 unspecified atom stereocenters. The quantitative estimate of drug-likeness (QED) is 0.750. The van der Waals surface area contributed by atoms with E-state index < -0.39 is 5.54 Å². The summed E-state index contributed by atoms with van der Waals surface area (Å²) in [6.07, 6.45) is 5.25. The second-order valence-electron chi connectivity index (χ2n) is 5.41. The van der Waals surface area contributed by atoms with Crippen LogP contribution in [0.1, 0.15) is 42.5 Å². The van der Waals surface area contributed by atoms with Gasteiger partial charge in [-0.2, -0.15) is 0 Å². The monoisotopic (exact) mass is 343 g/mol. The van der Waals surface area contributed by atoms with Crippen molar-refractivity contribution in [2.75, 3.05) is 14.1 Å². The van der Waals surface area contributed by atoms with Crippen LogP contribution in [-0.4, -0.2) is 30.3 Å². The number of likely N-dealkylation sites (N-methyl/N-ethyl adjacent to an activating group) is 1.